The highest BCUT2D eigenvalue weighted by atomic mass is 14.3. The molecule has 0 saturated heterocycles. The summed E-state index contributed by atoms with van der Waals surface area (Å²) in [6.07, 6.45) is 4.72. The van der Waals surface area contributed by atoms with Crippen molar-refractivity contribution in [1.29, 1.82) is 0 Å². The van der Waals surface area contributed by atoms with Crippen LogP contribution in [0.5, 0.6) is 0 Å². The van der Waals surface area contributed by atoms with Crippen LogP contribution in [0.25, 0.3) is 5.57 Å². The molecule has 0 fully saturated rings. The largest absolute Gasteiger partial charge is 0.0757 e. The molecule has 0 saturated carbocycles. The SMILES string of the molecule is CCC(C)(C)C1=CCc2ccccc21. The average Bonchev–Trinajstić information content (AvgIpc) is 2.61. The lowest BCUT2D eigenvalue weighted by Crippen LogP contribution is -2.11. The Morgan fingerprint density at radius 1 is 1.21 bits per heavy atom. The molecule has 0 aliphatic heterocycles. The lowest BCUT2D eigenvalue weighted by atomic mass is 9.79. The van der Waals surface area contributed by atoms with E-state index in [0.717, 1.165) is 6.42 Å². The maximum Gasteiger partial charge on any atom is -0.00852 e. The fourth-order valence-corrected chi connectivity index (χ4v) is 2.11. The standard InChI is InChI=1S/C14H18/c1-4-14(2,3)13-10-9-11-7-5-6-8-12(11)13/h5-8,10H,4,9H2,1-3H3. The van der Waals surface area contributed by atoms with Crippen LogP contribution in [-0.4, -0.2) is 0 Å². The Kier molecular flexibility index (Phi) is 2.22. The third-order valence-corrected chi connectivity index (χ3v) is 3.45. The van der Waals surface area contributed by atoms with Gasteiger partial charge in [-0.3, -0.25) is 0 Å². The van der Waals surface area contributed by atoms with Gasteiger partial charge in [0.1, 0.15) is 0 Å². The molecule has 0 radical (unpaired) electrons. The summed E-state index contributed by atoms with van der Waals surface area (Å²) in [6.45, 7) is 6.93. The van der Waals surface area contributed by atoms with E-state index >= 15 is 0 Å². The second-order valence-corrected chi connectivity index (χ2v) is 4.72. The minimum Gasteiger partial charge on any atom is -0.0757 e. The summed E-state index contributed by atoms with van der Waals surface area (Å²) < 4.78 is 0. The fraction of sp³-hybridized carbons (Fsp3) is 0.429. The van der Waals surface area contributed by atoms with E-state index in [1.807, 2.05) is 0 Å². The van der Waals surface area contributed by atoms with Crippen molar-refractivity contribution >= 4 is 5.57 Å². The second kappa shape index (κ2) is 3.27. The first-order chi connectivity index (χ1) is 6.65. The van der Waals surface area contributed by atoms with Crippen molar-refractivity contribution in [2.24, 2.45) is 5.41 Å². The highest BCUT2D eigenvalue weighted by Crippen LogP contribution is 2.42. The lowest BCUT2D eigenvalue weighted by molar-refractivity contribution is 0.483. The normalized spacial score (nSPS) is 15.2. The Bertz CT molecular complexity index is 369. The van der Waals surface area contributed by atoms with Gasteiger partial charge in [-0.2, -0.15) is 0 Å². The molecule has 0 atom stereocenters. The van der Waals surface area contributed by atoms with Crippen LogP contribution in [0.2, 0.25) is 0 Å². The smallest absolute Gasteiger partial charge is 0.00852 e. The molecule has 0 heterocycles. The van der Waals surface area contributed by atoms with Gasteiger partial charge in [0.2, 0.25) is 0 Å². The molecule has 14 heavy (non-hydrogen) atoms. The molecule has 74 valence electrons. The lowest BCUT2D eigenvalue weighted by Gasteiger charge is -2.25. The molecule has 0 amide bonds. The minimum atomic E-state index is 0.326. The quantitative estimate of drug-likeness (QED) is 0.653. The molecule has 0 aromatic heterocycles. The van der Waals surface area contributed by atoms with E-state index in [0.29, 0.717) is 5.41 Å². The summed E-state index contributed by atoms with van der Waals surface area (Å²) in [5.41, 5.74) is 4.83. The third-order valence-electron chi connectivity index (χ3n) is 3.45. The zero-order valence-electron chi connectivity index (χ0n) is 9.30. The Balaban J connectivity index is 2.43. The van der Waals surface area contributed by atoms with Gasteiger partial charge >= 0.3 is 0 Å². The molecule has 1 aromatic carbocycles. The van der Waals surface area contributed by atoms with Crippen molar-refractivity contribution in [3.8, 4) is 0 Å². The van der Waals surface area contributed by atoms with E-state index in [1.165, 1.54) is 23.1 Å². The Morgan fingerprint density at radius 3 is 2.64 bits per heavy atom. The number of benzene rings is 1. The molecule has 0 nitrogen and oxygen atoms in total. The molecule has 1 aliphatic carbocycles. The van der Waals surface area contributed by atoms with Crippen LogP contribution < -0.4 is 0 Å². The number of hydrogen-bond acceptors (Lipinski definition) is 0. The van der Waals surface area contributed by atoms with Crippen LogP contribution in [0.3, 0.4) is 0 Å². The maximum atomic E-state index is 2.40. The van der Waals surface area contributed by atoms with Gasteiger partial charge in [-0.25, -0.2) is 0 Å². The third kappa shape index (κ3) is 1.39. The van der Waals surface area contributed by atoms with Crippen molar-refractivity contribution in [2.45, 2.75) is 33.6 Å². The zero-order valence-corrected chi connectivity index (χ0v) is 9.30. The number of fused-ring (bicyclic) bond motifs is 1. The van der Waals surface area contributed by atoms with Gasteiger partial charge < -0.3 is 0 Å². The molecule has 0 N–H and O–H groups in total. The molecule has 0 unspecified atom stereocenters. The van der Waals surface area contributed by atoms with E-state index in [4.69, 9.17) is 0 Å². The minimum absolute atomic E-state index is 0.326. The highest BCUT2D eigenvalue weighted by molar-refractivity contribution is 5.76. The monoisotopic (exact) mass is 186 g/mol. The van der Waals surface area contributed by atoms with Gasteiger partial charge in [0, 0.05) is 0 Å². The van der Waals surface area contributed by atoms with Crippen molar-refractivity contribution in [3.05, 3.63) is 41.5 Å². The molecule has 0 spiro atoms. The van der Waals surface area contributed by atoms with E-state index in [-0.39, 0.29) is 0 Å². The topological polar surface area (TPSA) is 0 Å². The first-order valence-electron chi connectivity index (χ1n) is 5.44. The van der Waals surface area contributed by atoms with Crippen LogP contribution in [0.4, 0.5) is 0 Å². The number of rotatable bonds is 2. The first kappa shape index (κ1) is 9.51. The van der Waals surface area contributed by atoms with E-state index < -0.39 is 0 Å². The summed E-state index contributed by atoms with van der Waals surface area (Å²) in [4.78, 5) is 0. The Labute approximate surface area is 86.7 Å². The summed E-state index contributed by atoms with van der Waals surface area (Å²) in [6, 6.07) is 8.77. The highest BCUT2D eigenvalue weighted by Gasteiger charge is 2.26. The number of allylic oxidation sites excluding steroid dienone is 2. The zero-order chi connectivity index (χ0) is 10.2. The molecule has 1 aromatic rings. The molecular weight excluding hydrogens is 168 g/mol. The Hall–Kier alpha value is -1.04. The van der Waals surface area contributed by atoms with Crippen LogP contribution in [0.1, 0.15) is 38.3 Å². The van der Waals surface area contributed by atoms with E-state index in [2.05, 4.69) is 51.1 Å². The predicted molar refractivity (Wildman–Crippen MR) is 62.2 cm³/mol. The van der Waals surface area contributed by atoms with Gasteiger partial charge in [0.05, 0.1) is 0 Å². The van der Waals surface area contributed by atoms with Crippen molar-refractivity contribution in [3.63, 3.8) is 0 Å². The average molecular weight is 186 g/mol. The van der Waals surface area contributed by atoms with Gasteiger partial charge in [-0.1, -0.05) is 51.1 Å². The summed E-state index contributed by atoms with van der Waals surface area (Å²) >= 11 is 0. The van der Waals surface area contributed by atoms with Crippen LogP contribution in [0.15, 0.2) is 30.3 Å². The van der Waals surface area contributed by atoms with E-state index in [1.54, 1.807) is 0 Å². The first-order valence-corrected chi connectivity index (χ1v) is 5.44. The molecule has 0 heteroatoms. The van der Waals surface area contributed by atoms with Crippen LogP contribution in [-0.2, 0) is 6.42 Å². The van der Waals surface area contributed by atoms with Crippen molar-refractivity contribution in [2.75, 3.05) is 0 Å². The summed E-state index contributed by atoms with van der Waals surface area (Å²) in [7, 11) is 0. The van der Waals surface area contributed by atoms with Crippen LogP contribution >= 0.6 is 0 Å². The van der Waals surface area contributed by atoms with Crippen molar-refractivity contribution in [1.82, 2.24) is 0 Å². The number of hydrogen-bond donors (Lipinski definition) is 0. The molecular formula is C14H18. The van der Waals surface area contributed by atoms with Crippen molar-refractivity contribution < 1.29 is 0 Å². The van der Waals surface area contributed by atoms with Gasteiger partial charge in [-0.05, 0) is 35.0 Å². The molecule has 2 rings (SSSR count). The Morgan fingerprint density at radius 2 is 1.93 bits per heavy atom. The second-order valence-electron chi connectivity index (χ2n) is 4.72. The van der Waals surface area contributed by atoms with Gasteiger partial charge in [0.25, 0.3) is 0 Å². The summed E-state index contributed by atoms with van der Waals surface area (Å²) in [5, 5.41) is 0. The van der Waals surface area contributed by atoms with Crippen LogP contribution in [0, 0.1) is 5.41 Å². The maximum absolute atomic E-state index is 2.40. The fourth-order valence-electron chi connectivity index (χ4n) is 2.11. The predicted octanol–water partition coefficient (Wildman–Crippen LogP) is 4.06. The van der Waals surface area contributed by atoms with Gasteiger partial charge in [-0.15, -0.1) is 0 Å². The molecule has 0 bridgehead atoms. The summed E-state index contributed by atoms with van der Waals surface area (Å²) in [5.74, 6) is 0. The van der Waals surface area contributed by atoms with Gasteiger partial charge in [0.15, 0.2) is 0 Å². The van der Waals surface area contributed by atoms with E-state index in [9.17, 15) is 0 Å². The molecule has 1 aliphatic rings.